The van der Waals surface area contributed by atoms with E-state index in [9.17, 15) is 5.11 Å². The minimum Gasteiger partial charge on any atom is -0.502 e. The first kappa shape index (κ1) is 14.9. The smallest absolute Gasteiger partial charge is 0.200 e. The Labute approximate surface area is 125 Å². The highest BCUT2D eigenvalue weighted by Gasteiger charge is 2.17. The van der Waals surface area contributed by atoms with Crippen LogP contribution in [0.15, 0.2) is 12.1 Å². The summed E-state index contributed by atoms with van der Waals surface area (Å²) >= 11 is 5.46. The molecule has 0 radical (unpaired) electrons. The summed E-state index contributed by atoms with van der Waals surface area (Å²) in [5.41, 5.74) is 0.803. The highest BCUT2D eigenvalue weighted by molar-refractivity contribution is 7.80. The van der Waals surface area contributed by atoms with Crippen molar-refractivity contribution in [2.45, 2.75) is 38.1 Å². The van der Waals surface area contributed by atoms with Crippen LogP contribution in [0.5, 0.6) is 17.2 Å². The van der Waals surface area contributed by atoms with Crippen molar-refractivity contribution in [2.75, 3.05) is 14.2 Å². The minimum absolute atomic E-state index is 0.000726. The molecular weight excluding hydrogens is 274 g/mol. The van der Waals surface area contributed by atoms with Crippen molar-refractivity contribution in [1.82, 2.24) is 5.32 Å². The second-order valence-electron chi connectivity index (χ2n) is 5.04. The number of rotatable bonds is 4. The molecule has 2 N–H and O–H groups in total. The van der Waals surface area contributed by atoms with Gasteiger partial charge in [-0.1, -0.05) is 31.5 Å². The molecule has 0 bridgehead atoms. The number of nitrogens with one attached hydrogen (secondary N) is 1. The average molecular weight is 295 g/mol. The molecule has 1 aliphatic carbocycles. The normalized spacial score (nSPS) is 15.7. The van der Waals surface area contributed by atoms with Crippen molar-refractivity contribution < 1.29 is 14.6 Å². The number of phenols is 1. The summed E-state index contributed by atoms with van der Waals surface area (Å²) in [5.74, 6) is 0.735. The van der Waals surface area contributed by atoms with Gasteiger partial charge < -0.3 is 19.9 Å². The lowest BCUT2D eigenvalue weighted by Gasteiger charge is -2.24. The highest BCUT2D eigenvalue weighted by Crippen LogP contribution is 2.37. The molecule has 0 amide bonds. The molecule has 0 aliphatic heterocycles. The van der Waals surface area contributed by atoms with Gasteiger partial charge in [0, 0.05) is 11.6 Å². The van der Waals surface area contributed by atoms with Gasteiger partial charge in [0.2, 0.25) is 5.75 Å². The summed E-state index contributed by atoms with van der Waals surface area (Å²) in [6.07, 6.45) is 6.13. The maximum atomic E-state index is 9.90. The van der Waals surface area contributed by atoms with Crippen LogP contribution < -0.4 is 14.8 Å². The molecule has 1 aromatic rings. The summed E-state index contributed by atoms with van der Waals surface area (Å²) in [5, 5.41) is 13.3. The first-order valence-corrected chi connectivity index (χ1v) is 7.32. The molecule has 1 aromatic carbocycles. The van der Waals surface area contributed by atoms with Crippen LogP contribution in [0.25, 0.3) is 0 Å². The number of phenolic OH excluding ortho intramolecular Hbond substituents is 1. The molecule has 0 saturated heterocycles. The zero-order valence-electron chi connectivity index (χ0n) is 11.9. The lowest BCUT2D eigenvalue weighted by atomic mass is 9.95. The molecular formula is C15H21NO3S. The van der Waals surface area contributed by atoms with Crippen LogP contribution in [0.2, 0.25) is 0 Å². The fraction of sp³-hybridized carbons (Fsp3) is 0.533. The van der Waals surface area contributed by atoms with Gasteiger partial charge in [-0.3, -0.25) is 0 Å². The fourth-order valence-corrected chi connectivity index (χ4v) is 2.82. The molecule has 0 aromatic heterocycles. The van der Waals surface area contributed by atoms with Crippen LogP contribution in [0.4, 0.5) is 0 Å². The molecule has 4 nitrogen and oxygen atoms in total. The first-order valence-electron chi connectivity index (χ1n) is 6.91. The molecule has 0 spiro atoms. The predicted molar refractivity (Wildman–Crippen MR) is 82.9 cm³/mol. The third-order valence-electron chi connectivity index (χ3n) is 3.68. The standard InChI is InChI=1S/C15H21NO3S/c1-18-12-8-10(9-13(19-2)14(12)17)15(20)16-11-6-4-3-5-7-11/h8-9,11,17H,3-7H2,1-2H3,(H,16,20). The fourth-order valence-electron chi connectivity index (χ4n) is 2.54. The molecule has 0 unspecified atom stereocenters. The summed E-state index contributed by atoms with van der Waals surface area (Å²) in [4.78, 5) is 0.675. The molecule has 1 aliphatic rings. The minimum atomic E-state index is -0.000726. The lowest BCUT2D eigenvalue weighted by Crippen LogP contribution is -2.35. The number of aromatic hydroxyl groups is 1. The van der Waals surface area contributed by atoms with Gasteiger partial charge in [0.1, 0.15) is 4.99 Å². The number of hydrogen-bond acceptors (Lipinski definition) is 4. The highest BCUT2D eigenvalue weighted by atomic mass is 32.1. The van der Waals surface area contributed by atoms with Crippen LogP contribution in [-0.2, 0) is 0 Å². The van der Waals surface area contributed by atoms with Crippen molar-refractivity contribution in [1.29, 1.82) is 0 Å². The Morgan fingerprint density at radius 1 is 1.15 bits per heavy atom. The third kappa shape index (κ3) is 3.33. The quantitative estimate of drug-likeness (QED) is 0.836. The Morgan fingerprint density at radius 3 is 2.20 bits per heavy atom. The first-order chi connectivity index (χ1) is 9.65. The zero-order valence-corrected chi connectivity index (χ0v) is 12.8. The molecule has 2 rings (SSSR count). The van der Waals surface area contributed by atoms with Crippen molar-refractivity contribution in [3.05, 3.63) is 17.7 Å². The molecule has 0 atom stereocenters. The summed E-state index contributed by atoms with van der Waals surface area (Å²) in [6.45, 7) is 0. The molecule has 0 heterocycles. The van der Waals surface area contributed by atoms with Gasteiger partial charge in [0.05, 0.1) is 14.2 Å². The van der Waals surface area contributed by atoms with E-state index in [0.717, 1.165) is 18.4 Å². The SMILES string of the molecule is COc1cc(C(=S)NC2CCCCC2)cc(OC)c1O. The van der Waals surface area contributed by atoms with Gasteiger partial charge in [-0.25, -0.2) is 0 Å². The lowest BCUT2D eigenvalue weighted by molar-refractivity contribution is 0.339. The van der Waals surface area contributed by atoms with Crippen molar-refractivity contribution >= 4 is 17.2 Å². The Hall–Kier alpha value is -1.49. The van der Waals surface area contributed by atoms with Gasteiger partial charge in [-0.2, -0.15) is 0 Å². The van der Waals surface area contributed by atoms with Crippen LogP contribution in [0.3, 0.4) is 0 Å². The van der Waals surface area contributed by atoms with Crippen molar-refractivity contribution in [3.8, 4) is 17.2 Å². The second kappa shape index (κ2) is 6.79. The van der Waals surface area contributed by atoms with E-state index < -0.39 is 0 Å². The van der Waals surface area contributed by atoms with Crippen LogP contribution in [0, 0.1) is 0 Å². The molecule has 5 heteroatoms. The van der Waals surface area contributed by atoms with Crippen molar-refractivity contribution in [3.63, 3.8) is 0 Å². The Bertz CT molecular complexity index is 459. The number of hydrogen-bond donors (Lipinski definition) is 2. The molecule has 1 fully saturated rings. The Morgan fingerprint density at radius 2 is 1.70 bits per heavy atom. The van der Waals surface area contributed by atoms with Crippen molar-refractivity contribution in [2.24, 2.45) is 0 Å². The van der Waals surface area contributed by atoms with E-state index in [2.05, 4.69) is 5.32 Å². The number of methoxy groups -OCH3 is 2. The number of benzene rings is 1. The van der Waals surface area contributed by atoms with E-state index in [-0.39, 0.29) is 5.75 Å². The van der Waals surface area contributed by atoms with E-state index >= 15 is 0 Å². The molecule has 1 saturated carbocycles. The number of thiocarbonyl (C=S) groups is 1. The molecule has 20 heavy (non-hydrogen) atoms. The van der Waals surface area contributed by atoms with Gasteiger partial charge >= 0.3 is 0 Å². The van der Waals surface area contributed by atoms with Gasteiger partial charge in [0.25, 0.3) is 0 Å². The third-order valence-corrected chi connectivity index (χ3v) is 4.04. The van der Waals surface area contributed by atoms with E-state index in [4.69, 9.17) is 21.7 Å². The second-order valence-corrected chi connectivity index (χ2v) is 5.45. The average Bonchev–Trinajstić information content (AvgIpc) is 2.48. The van der Waals surface area contributed by atoms with Crippen LogP contribution in [-0.4, -0.2) is 30.4 Å². The van der Waals surface area contributed by atoms with Gasteiger partial charge in [-0.15, -0.1) is 0 Å². The zero-order chi connectivity index (χ0) is 14.5. The van der Waals surface area contributed by atoms with Crippen LogP contribution >= 0.6 is 12.2 Å². The van der Waals surface area contributed by atoms with E-state index in [1.165, 1.54) is 33.5 Å². The predicted octanol–water partition coefficient (Wildman–Crippen LogP) is 3.01. The Balaban J connectivity index is 2.16. The molecule has 110 valence electrons. The Kier molecular flexibility index (Phi) is 5.06. The maximum absolute atomic E-state index is 9.90. The monoisotopic (exact) mass is 295 g/mol. The van der Waals surface area contributed by atoms with Gasteiger partial charge in [0.15, 0.2) is 11.5 Å². The number of ether oxygens (including phenoxy) is 2. The van der Waals surface area contributed by atoms with E-state index in [1.54, 1.807) is 12.1 Å². The summed E-state index contributed by atoms with van der Waals surface area (Å²) < 4.78 is 10.3. The largest absolute Gasteiger partial charge is 0.502 e. The van der Waals surface area contributed by atoms with E-state index in [0.29, 0.717) is 22.5 Å². The van der Waals surface area contributed by atoms with Crippen LogP contribution in [0.1, 0.15) is 37.7 Å². The van der Waals surface area contributed by atoms with Gasteiger partial charge in [-0.05, 0) is 25.0 Å². The van der Waals surface area contributed by atoms with E-state index in [1.807, 2.05) is 0 Å². The summed E-state index contributed by atoms with van der Waals surface area (Å²) in [7, 11) is 3.02. The summed E-state index contributed by atoms with van der Waals surface area (Å²) in [6, 6.07) is 3.91. The topological polar surface area (TPSA) is 50.7 Å². The maximum Gasteiger partial charge on any atom is 0.200 e.